The summed E-state index contributed by atoms with van der Waals surface area (Å²) >= 11 is 5.71. The number of ether oxygens (including phenoxy) is 1. The van der Waals surface area contributed by atoms with E-state index in [1.165, 1.54) is 6.07 Å². The van der Waals surface area contributed by atoms with Crippen molar-refractivity contribution >= 4 is 17.4 Å². The second-order valence-electron chi connectivity index (χ2n) is 6.30. The SMILES string of the molecule is CN(CCNc1cc([C@H]2CCOC2)ncn1)Cc1ccc(Cl)c(F)c1. The van der Waals surface area contributed by atoms with Crippen LogP contribution < -0.4 is 5.32 Å². The molecule has 0 radical (unpaired) electrons. The minimum absolute atomic E-state index is 0.153. The van der Waals surface area contributed by atoms with E-state index in [-0.39, 0.29) is 10.8 Å². The van der Waals surface area contributed by atoms with E-state index in [0.717, 1.165) is 49.8 Å². The fourth-order valence-corrected chi connectivity index (χ4v) is 2.98. The van der Waals surface area contributed by atoms with Gasteiger partial charge in [-0.25, -0.2) is 14.4 Å². The Hall–Kier alpha value is -1.76. The van der Waals surface area contributed by atoms with Crippen LogP contribution in [0.25, 0.3) is 0 Å². The molecular weight excluding hydrogens is 343 g/mol. The van der Waals surface area contributed by atoms with Crippen LogP contribution in [0.5, 0.6) is 0 Å². The fraction of sp³-hybridized carbons (Fsp3) is 0.444. The number of hydrogen-bond acceptors (Lipinski definition) is 5. The predicted octanol–water partition coefficient (Wildman–Crippen LogP) is 3.32. The van der Waals surface area contributed by atoms with Crippen LogP contribution in [0.4, 0.5) is 10.2 Å². The van der Waals surface area contributed by atoms with Gasteiger partial charge in [0.2, 0.25) is 0 Å². The Morgan fingerprint density at radius 1 is 1.36 bits per heavy atom. The van der Waals surface area contributed by atoms with Crippen molar-refractivity contribution in [2.24, 2.45) is 0 Å². The first-order valence-electron chi connectivity index (χ1n) is 8.38. The minimum Gasteiger partial charge on any atom is -0.381 e. The number of hydrogen-bond donors (Lipinski definition) is 1. The Labute approximate surface area is 152 Å². The lowest BCUT2D eigenvalue weighted by atomic mass is 10.1. The number of anilines is 1. The second-order valence-corrected chi connectivity index (χ2v) is 6.71. The molecule has 2 aromatic rings. The van der Waals surface area contributed by atoms with E-state index in [2.05, 4.69) is 20.2 Å². The molecule has 1 atom stereocenters. The van der Waals surface area contributed by atoms with Gasteiger partial charge < -0.3 is 15.0 Å². The predicted molar refractivity (Wildman–Crippen MR) is 96.4 cm³/mol. The van der Waals surface area contributed by atoms with Crippen LogP contribution >= 0.6 is 11.6 Å². The average Bonchev–Trinajstić information content (AvgIpc) is 3.13. The second kappa shape index (κ2) is 8.56. The molecule has 3 rings (SSSR count). The monoisotopic (exact) mass is 364 g/mol. The molecule has 1 saturated heterocycles. The molecule has 1 aromatic heterocycles. The summed E-state index contributed by atoms with van der Waals surface area (Å²) < 4.78 is 18.9. The molecule has 5 nitrogen and oxygen atoms in total. The number of halogens is 2. The van der Waals surface area contributed by atoms with E-state index in [0.29, 0.717) is 12.5 Å². The highest BCUT2D eigenvalue weighted by molar-refractivity contribution is 6.30. The van der Waals surface area contributed by atoms with E-state index in [4.69, 9.17) is 16.3 Å². The van der Waals surface area contributed by atoms with Crippen molar-refractivity contribution in [1.82, 2.24) is 14.9 Å². The minimum atomic E-state index is -0.380. The molecule has 0 amide bonds. The van der Waals surface area contributed by atoms with Gasteiger partial charge in [0.15, 0.2) is 0 Å². The molecule has 2 heterocycles. The zero-order chi connectivity index (χ0) is 17.6. The molecule has 1 aliphatic rings. The standard InChI is InChI=1S/C18H22ClFN4O/c1-24(10-13-2-3-15(19)16(20)8-13)6-5-21-18-9-17(22-12-23-18)14-4-7-25-11-14/h2-3,8-9,12,14H,4-7,10-11H2,1H3,(H,21,22,23)/t14-/m0/s1. The summed E-state index contributed by atoms with van der Waals surface area (Å²) in [5.41, 5.74) is 1.93. The summed E-state index contributed by atoms with van der Waals surface area (Å²) in [7, 11) is 2.00. The first kappa shape index (κ1) is 18.0. The summed E-state index contributed by atoms with van der Waals surface area (Å²) in [6.45, 7) is 3.73. The molecule has 25 heavy (non-hydrogen) atoms. The molecule has 0 unspecified atom stereocenters. The van der Waals surface area contributed by atoms with Gasteiger partial charge in [-0.2, -0.15) is 0 Å². The zero-order valence-corrected chi connectivity index (χ0v) is 15.0. The van der Waals surface area contributed by atoms with Gasteiger partial charge >= 0.3 is 0 Å². The molecule has 1 aliphatic heterocycles. The van der Waals surface area contributed by atoms with E-state index in [1.807, 2.05) is 19.2 Å². The van der Waals surface area contributed by atoms with E-state index in [9.17, 15) is 4.39 Å². The van der Waals surface area contributed by atoms with Gasteiger partial charge in [0, 0.05) is 38.2 Å². The molecule has 134 valence electrons. The van der Waals surface area contributed by atoms with Crippen molar-refractivity contribution < 1.29 is 9.13 Å². The molecule has 1 aromatic carbocycles. The van der Waals surface area contributed by atoms with E-state index < -0.39 is 0 Å². The van der Waals surface area contributed by atoms with Crippen LogP contribution in [0.2, 0.25) is 5.02 Å². The highest BCUT2D eigenvalue weighted by atomic mass is 35.5. The van der Waals surface area contributed by atoms with Crippen molar-refractivity contribution in [2.45, 2.75) is 18.9 Å². The van der Waals surface area contributed by atoms with Gasteiger partial charge in [0.25, 0.3) is 0 Å². The van der Waals surface area contributed by atoms with Crippen molar-refractivity contribution in [2.75, 3.05) is 38.7 Å². The van der Waals surface area contributed by atoms with Crippen LogP contribution in [-0.4, -0.2) is 48.2 Å². The molecule has 1 N–H and O–H groups in total. The smallest absolute Gasteiger partial charge is 0.142 e. The van der Waals surface area contributed by atoms with Crippen LogP contribution in [-0.2, 0) is 11.3 Å². The van der Waals surface area contributed by atoms with Crippen LogP contribution in [0.15, 0.2) is 30.6 Å². The summed E-state index contributed by atoms with van der Waals surface area (Å²) in [5, 5.41) is 3.47. The highest BCUT2D eigenvalue weighted by Gasteiger charge is 2.19. The lowest BCUT2D eigenvalue weighted by Gasteiger charge is -2.17. The lowest BCUT2D eigenvalue weighted by Crippen LogP contribution is -2.25. The normalized spacial score (nSPS) is 17.2. The first-order valence-corrected chi connectivity index (χ1v) is 8.75. The van der Waals surface area contributed by atoms with Crippen molar-refractivity contribution in [1.29, 1.82) is 0 Å². The summed E-state index contributed by atoms with van der Waals surface area (Å²) in [5.74, 6) is 0.809. The number of aromatic nitrogens is 2. The number of rotatable bonds is 7. The number of nitrogens with one attached hydrogen (secondary N) is 1. The lowest BCUT2D eigenvalue weighted by molar-refractivity contribution is 0.193. The maximum absolute atomic E-state index is 13.5. The third-order valence-electron chi connectivity index (χ3n) is 4.27. The zero-order valence-electron chi connectivity index (χ0n) is 14.2. The number of benzene rings is 1. The average molecular weight is 365 g/mol. The van der Waals surface area contributed by atoms with E-state index in [1.54, 1.807) is 12.4 Å². The maximum atomic E-state index is 13.5. The molecule has 0 bridgehead atoms. The Morgan fingerprint density at radius 3 is 3.00 bits per heavy atom. The molecule has 0 saturated carbocycles. The topological polar surface area (TPSA) is 50.3 Å². The number of nitrogens with zero attached hydrogens (tertiary/aromatic N) is 3. The summed E-state index contributed by atoms with van der Waals surface area (Å²) in [6.07, 6.45) is 2.60. The molecule has 0 aliphatic carbocycles. The van der Waals surface area contributed by atoms with E-state index >= 15 is 0 Å². The molecule has 7 heteroatoms. The Balaban J connectivity index is 1.47. The third-order valence-corrected chi connectivity index (χ3v) is 4.58. The highest BCUT2D eigenvalue weighted by Crippen LogP contribution is 2.24. The maximum Gasteiger partial charge on any atom is 0.142 e. The Morgan fingerprint density at radius 2 is 2.24 bits per heavy atom. The van der Waals surface area contributed by atoms with Gasteiger partial charge in [-0.15, -0.1) is 0 Å². The van der Waals surface area contributed by atoms with Gasteiger partial charge in [-0.05, 0) is 31.2 Å². The number of likely N-dealkylation sites (N-methyl/N-ethyl adjacent to an activating group) is 1. The summed E-state index contributed by atoms with van der Waals surface area (Å²) in [6, 6.07) is 6.91. The van der Waals surface area contributed by atoms with Crippen molar-refractivity contribution in [3.63, 3.8) is 0 Å². The van der Waals surface area contributed by atoms with Gasteiger partial charge in [-0.3, -0.25) is 0 Å². The largest absolute Gasteiger partial charge is 0.381 e. The van der Waals surface area contributed by atoms with Crippen LogP contribution in [0.1, 0.15) is 23.6 Å². The fourth-order valence-electron chi connectivity index (χ4n) is 2.86. The summed E-state index contributed by atoms with van der Waals surface area (Å²) in [4.78, 5) is 10.7. The van der Waals surface area contributed by atoms with Gasteiger partial charge in [-0.1, -0.05) is 17.7 Å². The van der Waals surface area contributed by atoms with Crippen molar-refractivity contribution in [3.05, 3.63) is 52.7 Å². The Kier molecular flexibility index (Phi) is 6.18. The van der Waals surface area contributed by atoms with Crippen molar-refractivity contribution in [3.8, 4) is 0 Å². The quantitative estimate of drug-likeness (QED) is 0.816. The molecular formula is C18H22ClFN4O. The van der Waals surface area contributed by atoms with Crippen LogP contribution in [0.3, 0.4) is 0 Å². The Bertz CT molecular complexity index is 709. The molecule has 1 fully saturated rings. The molecule has 0 spiro atoms. The third kappa shape index (κ3) is 5.11. The van der Waals surface area contributed by atoms with Crippen LogP contribution in [0, 0.1) is 5.82 Å². The van der Waals surface area contributed by atoms with Gasteiger partial charge in [0.1, 0.15) is 18.0 Å². The first-order chi connectivity index (χ1) is 12.1. The van der Waals surface area contributed by atoms with Gasteiger partial charge in [0.05, 0.1) is 17.3 Å².